The zero-order chi connectivity index (χ0) is 22.8. The Balaban J connectivity index is 1.88. The Hall–Kier alpha value is -2.65. The molecule has 0 saturated carbocycles. The van der Waals surface area contributed by atoms with Crippen molar-refractivity contribution < 1.29 is 4.74 Å². The van der Waals surface area contributed by atoms with Gasteiger partial charge in [0, 0.05) is 36.5 Å². The lowest BCUT2D eigenvalue weighted by Crippen LogP contribution is -2.24. The maximum Gasteiger partial charge on any atom is 0.127 e. The number of ether oxygens (including phenoxy) is 1. The van der Waals surface area contributed by atoms with Crippen LogP contribution >= 0.6 is 0 Å². The van der Waals surface area contributed by atoms with Crippen LogP contribution in [0.15, 0.2) is 60.8 Å². The molecule has 0 N–H and O–H groups in total. The smallest absolute Gasteiger partial charge is 0.127 e. The van der Waals surface area contributed by atoms with Gasteiger partial charge >= 0.3 is 0 Å². The summed E-state index contributed by atoms with van der Waals surface area (Å²) in [6.45, 7) is 9.53. The molecule has 2 aromatic carbocycles. The van der Waals surface area contributed by atoms with E-state index in [4.69, 9.17) is 9.72 Å². The molecule has 1 aromatic heterocycles. The number of hydrogen-bond donors (Lipinski definition) is 0. The van der Waals surface area contributed by atoms with E-state index in [1.54, 1.807) is 7.11 Å². The molecule has 3 rings (SSSR count). The fourth-order valence-corrected chi connectivity index (χ4v) is 4.36. The van der Waals surface area contributed by atoms with E-state index in [9.17, 15) is 0 Å². The molecule has 0 aliphatic rings. The Morgan fingerprint density at radius 1 is 0.812 bits per heavy atom. The van der Waals surface area contributed by atoms with Crippen LogP contribution in [0.3, 0.4) is 0 Å². The van der Waals surface area contributed by atoms with Crippen molar-refractivity contribution in [2.75, 3.05) is 13.7 Å². The molecule has 0 bridgehead atoms. The second-order valence-electron chi connectivity index (χ2n) is 8.44. The van der Waals surface area contributed by atoms with E-state index in [-0.39, 0.29) is 0 Å². The lowest BCUT2D eigenvalue weighted by Gasteiger charge is -2.24. The normalized spacial score (nSPS) is 11.2. The number of methoxy groups -OCH3 is 1. The Labute approximate surface area is 194 Å². The van der Waals surface area contributed by atoms with Crippen molar-refractivity contribution in [3.05, 3.63) is 83.0 Å². The van der Waals surface area contributed by atoms with E-state index in [2.05, 4.69) is 80.3 Å². The third-order valence-electron chi connectivity index (χ3n) is 6.14. The van der Waals surface area contributed by atoms with Gasteiger partial charge in [-0.05, 0) is 42.5 Å². The van der Waals surface area contributed by atoms with Gasteiger partial charge in [-0.2, -0.15) is 0 Å². The summed E-state index contributed by atoms with van der Waals surface area (Å²) < 4.78 is 5.86. The van der Waals surface area contributed by atoms with E-state index < -0.39 is 0 Å². The number of aryl methyl sites for hydroxylation is 2. The highest BCUT2D eigenvalue weighted by Crippen LogP contribution is 2.31. The highest BCUT2D eigenvalue weighted by Gasteiger charge is 2.15. The number of nitrogens with zero attached hydrogens (tertiary/aromatic N) is 2. The molecule has 0 aliphatic carbocycles. The molecule has 0 saturated heterocycles. The first-order chi connectivity index (χ1) is 15.7. The summed E-state index contributed by atoms with van der Waals surface area (Å²) in [7, 11) is 1.77. The number of unbranched alkanes of at least 4 members (excludes halogenated alkanes) is 2. The van der Waals surface area contributed by atoms with Crippen molar-refractivity contribution >= 4 is 0 Å². The molecular weight excluding hydrogens is 392 g/mol. The van der Waals surface area contributed by atoms with Gasteiger partial charge in [-0.1, -0.05) is 82.1 Å². The molecule has 0 aliphatic heterocycles. The molecule has 0 amide bonds. The number of aromatic nitrogens is 1. The topological polar surface area (TPSA) is 25.4 Å². The van der Waals surface area contributed by atoms with Crippen molar-refractivity contribution in [2.24, 2.45) is 0 Å². The van der Waals surface area contributed by atoms with E-state index >= 15 is 0 Å². The second kappa shape index (κ2) is 12.4. The largest absolute Gasteiger partial charge is 0.496 e. The minimum absolute atomic E-state index is 0.838. The predicted molar refractivity (Wildman–Crippen MR) is 135 cm³/mol. The quantitative estimate of drug-likeness (QED) is 0.287. The maximum atomic E-state index is 5.86. The lowest BCUT2D eigenvalue weighted by atomic mass is 9.94. The minimum Gasteiger partial charge on any atom is -0.496 e. The number of hydrogen-bond acceptors (Lipinski definition) is 3. The summed E-state index contributed by atoms with van der Waals surface area (Å²) in [5.74, 6) is 0.927. The van der Waals surface area contributed by atoms with Crippen molar-refractivity contribution in [2.45, 2.75) is 66.0 Å². The molecule has 0 unspecified atom stereocenters. The molecule has 3 heteroatoms. The summed E-state index contributed by atoms with van der Waals surface area (Å²) in [6.07, 6.45) is 7.72. The number of pyridine rings is 1. The van der Waals surface area contributed by atoms with Crippen LogP contribution in [0.1, 0.15) is 62.3 Å². The summed E-state index contributed by atoms with van der Waals surface area (Å²) in [5.41, 5.74) is 7.47. The van der Waals surface area contributed by atoms with Crippen molar-refractivity contribution in [3.8, 4) is 17.0 Å². The van der Waals surface area contributed by atoms with Gasteiger partial charge in [-0.3, -0.25) is 9.88 Å². The number of benzene rings is 2. The first-order valence-electron chi connectivity index (χ1n) is 12.1. The van der Waals surface area contributed by atoms with Crippen molar-refractivity contribution in [1.29, 1.82) is 0 Å². The Bertz CT molecular complexity index is 946. The Kier molecular flexibility index (Phi) is 9.30. The van der Waals surface area contributed by atoms with Gasteiger partial charge < -0.3 is 4.74 Å². The van der Waals surface area contributed by atoms with Crippen LogP contribution in [0, 0.1) is 0 Å². The summed E-state index contributed by atoms with van der Waals surface area (Å²) in [6, 6.07) is 19.5. The molecule has 32 heavy (non-hydrogen) atoms. The van der Waals surface area contributed by atoms with Crippen LogP contribution in [0.2, 0.25) is 0 Å². The van der Waals surface area contributed by atoms with Crippen molar-refractivity contribution in [3.63, 3.8) is 0 Å². The van der Waals surface area contributed by atoms with E-state index in [1.807, 2.05) is 6.20 Å². The van der Waals surface area contributed by atoms with E-state index in [0.717, 1.165) is 49.5 Å². The first kappa shape index (κ1) is 24.0. The van der Waals surface area contributed by atoms with Gasteiger partial charge in [0.05, 0.1) is 12.8 Å². The molecule has 0 fully saturated rings. The summed E-state index contributed by atoms with van der Waals surface area (Å²) in [5, 5.41) is 0. The molecule has 0 atom stereocenters. The second-order valence-corrected chi connectivity index (χ2v) is 8.44. The van der Waals surface area contributed by atoms with Crippen LogP contribution in [0.4, 0.5) is 0 Å². The predicted octanol–water partition coefficient (Wildman–Crippen LogP) is 7.07. The van der Waals surface area contributed by atoms with Gasteiger partial charge in [-0.15, -0.1) is 0 Å². The highest BCUT2D eigenvalue weighted by molar-refractivity contribution is 5.69. The standard InChI is InChI=1S/C29H38N2O/c1-5-8-12-18-31(21-23-14-10-9-11-15-23)22-26-20-30-27(19-28(26)32-4)29-24(6-2)16-13-17-25(29)7-3/h9-11,13-17,19-20H,5-8,12,18,21-22H2,1-4H3. The van der Waals surface area contributed by atoms with Crippen LogP contribution in [-0.2, 0) is 25.9 Å². The van der Waals surface area contributed by atoms with Gasteiger partial charge in [0.2, 0.25) is 0 Å². The average molecular weight is 431 g/mol. The first-order valence-corrected chi connectivity index (χ1v) is 12.1. The molecular formula is C29H38N2O. The zero-order valence-corrected chi connectivity index (χ0v) is 20.2. The van der Waals surface area contributed by atoms with Gasteiger partial charge in [-0.25, -0.2) is 0 Å². The van der Waals surface area contributed by atoms with Crippen LogP contribution in [0.25, 0.3) is 11.3 Å². The maximum absolute atomic E-state index is 5.86. The van der Waals surface area contributed by atoms with Gasteiger partial charge in [0.1, 0.15) is 5.75 Å². The van der Waals surface area contributed by atoms with E-state index in [0.29, 0.717) is 0 Å². The molecule has 1 heterocycles. The summed E-state index contributed by atoms with van der Waals surface area (Å²) >= 11 is 0. The van der Waals surface area contributed by atoms with Crippen LogP contribution in [-0.4, -0.2) is 23.5 Å². The van der Waals surface area contributed by atoms with E-state index in [1.165, 1.54) is 41.5 Å². The molecule has 0 spiro atoms. The Morgan fingerprint density at radius 3 is 2.16 bits per heavy atom. The van der Waals surface area contributed by atoms with Crippen LogP contribution < -0.4 is 4.74 Å². The Morgan fingerprint density at radius 2 is 1.53 bits per heavy atom. The number of rotatable bonds is 12. The monoisotopic (exact) mass is 430 g/mol. The average Bonchev–Trinajstić information content (AvgIpc) is 2.84. The fraction of sp³-hybridized carbons (Fsp3) is 0.414. The van der Waals surface area contributed by atoms with Gasteiger partial charge in [0.25, 0.3) is 0 Å². The SMILES string of the molecule is CCCCCN(Cc1ccccc1)Cc1cnc(-c2c(CC)cccc2CC)cc1OC. The van der Waals surface area contributed by atoms with Gasteiger partial charge in [0.15, 0.2) is 0 Å². The van der Waals surface area contributed by atoms with Crippen molar-refractivity contribution in [1.82, 2.24) is 9.88 Å². The summed E-state index contributed by atoms with van der Waals surface area (Å²) in [4.78, 5) is 7.44. The molecule has 3 aromatic rings. The van der Waals surface area contributed by atoms with Crippen LogP contribution in [0.5, 0.6) is 5.75 Å². The molecule has 3 nitrogen and oxygen atoms in total. The third-order valence-corrected chi connectivity index (χ3v) is 6.14. The fourth-order valence-electron chi connectivity index (χ4n) is 4.36. The minimum atomic E-state index is 0.838. The highest BCUT2D eigenvalue weighted by atomic mass is 16.5. The lowest BCUT2D eigenvalue weighted by molar-refractivity contribution is 0.246. The zero-order valence-electron chi connectivity index (χ0n) is 20.2. The third kappa shape index (κ3) is 6.20. The molecule has 0 radical (unpaired) electrons. The molecule has 170 valence electrons.